The monoisotopic (exact) mass is 476 g/mol. The standard InChI is InChI=1S/C27H29FN4O3/c1-15-5-3-2-4-10-31(15)26(33)23-13-24(16-6-7-16)32-25(29-23)14-22(30-32)18-9-8-17(11-21(18)28)19-12-20(19)27(34)35/h8-9,11,13-16,19-20H,2-7,10,12H2,1H3,(H,34,35)/t15-,19+,20?/m1/s1. The summed E-state index contributed by atoms with van der Waals surface area (Å²) >= 11 is 0. The quantitative estimate of drug-likeness (QED) is 0.560. The Hall–Kier alpha value is -3.29. The van der Waals surface area contributed by atoms with Gasteiger partial charge in [-0.2, -0.15) is 5.10 Å². The molecule has 35 heavy (non-hydrogen) atoms. The van der Waals surface area contributed by atoms with Crippen molar-refractivity contribution in [2.75, 3.05) is 6.54 Å². The van der Waals surface area contributed by atoms with E-state index in [-0.39, 0.29) is 17.9 Å². The molecule has 0 spiro atoms. The summed E-state index contributed by atoms with van der Waals surface area (Å²) in [6.07, 6.45) is 6.91. The molecule has 1 amide bonds. The van der Waals surface area contributed by atoms with Crippen molar-refractivity contribution >= 4 is 17.5 Å². The van der Waals surface area contributed by atoms with Crippen molar-refractivity contribution in [2.45, 2.75) is 69.7 Å². The van der Waals surface area contributed by atoms with Crippen LogP contribution >= 0.6 is 0 Å². The maximum Gasteiger partial charge on any atom is 0.307 e. The number of fused-ring (bicyclic) bond motifs is 1. The number of nitrogens with zero attached hydrogens (tertiary/aromatic N) is 4. The molecule has 2 saturated carbocycles. The van der Waals surface area contributed by atoms with Crippen LogP contribution in [-0.4, -0.2) is 49.1 Å². The second-order valence-electron chi connectivity index (χ2n) is 10.4. The summed E-state index contributed by atoms with van der Waals surface area (Å²) in [4.78, 5) is 31.2. The number of amides is 1. The average molecular weight is 477 g/mol. The largest absolute Gasteiger partial charge is 0.481 e. The number of likely N-dealkylation sites (tertiary alicyclic amines) is 1. The summed E-state index contributed by atoms with van der Waals surface area (Å²) in [5.41, 5.74) is 3.45. The molecule has 1 unspecified atom stereocenters. The number of aromatic nitrogens is 3. The van der Waals surface area contributed by atoms with Gasteiger partial charge in [-0.1, -0.05) is 18.9 Å². The maximum atomic E-state index is 15.1. The van der Waals surface area contributed by atoms with Crippen LogP contribution in [0.1, 0.15) is 85.5 Å². The SMILES string of the molecule is C[C@@H]1CCCCCN1C(=O)c1cc(C2CC2)n2nc(-c3ccc([C@@H]4CC4C(=O)O)cc3F)cc2n1. The molecule has 2 aliphatic carbocycles. The number of benzene rings is 1. The highest BCUT2D eigenvalue weighted by Crippen LogP contribution is 2.48. The van der Waals surface area contributed by atoms with Gasteiger partial charge in [-0.05, 0) is 68.7 Å². The molecule has 1 saturated heterocycles. The second kappa shape index (κ2) is 8.43. The number of hydrogen-bond donors (Lipinski definition) is 1. The lowest BCUT2D eigenvalue weighted by Crippen LogP contribution is -2.38. The fourth-order valence-electron chi connectivity index (χ4n) is 5.44. The highest BCUT2D eigenvalue weighted by molar-refractivity contribution is 5.93. The minimum absolute atomic E-state index is 0.0421. The van der Waals surface area contributed by atoms with Crippen LogP contribution in [0.15, 0.2) is 30.3 Å². The van der Waals surface area contributed by atoms with Crippen LogP contribution in [0.4, 0.5) is 4.39 Å². The number of carboxylic acid groups (broad SMARTS) is 1. The molecule has 1 aromatic carbocycles. The fourth-order valence-corrected chi connectivity index (χ4v) is 5.44. The second-order valence-corrected chi connectivity index (χ2v) is 10.4. The van der Waals surface area contributed by atoms with Crippen LogP contribution in [0.5, 0.6) is 0 Å². The Bertz CT molecular complexity index is 1330. The zero-order chi connectivity index (χ0) is 24.3. The smallest absolute Gasteiger partial charge is 0.307 e. The van der Waals surface area contributed by atoms with E-state index < -0.39 is 17.7 Å². The lowest BCUT2D eigenvalue weighted by atomic mass is 10.0. The molecule has 0 bridgehead atoms. The first-order chi connectivity index (χ1) is 16.9. The van der Waals surface area contributed by atoms with Crippen LogP contribution in [0.25, 0.3) is 16.9 Å². The third-order valence-electron chi connectivity index (χ3n) is 7.79. The van der Waals surface area contributed by atoms with Crippen LogP contribution in [0.2, 0.25) is 0 Å². The van der Waals surface area contributed by atoms with E-state index in [1.807, 2.05) is 11.0 Å². The summed E-state index contributed by atoms with van der Waals surface area (Å²) in [5, 5.41) is 13.9. The van der Waals surface area contributed by atoms with E-state index in [1.165, 1.54) is 6.07 Å². The van der Waals surface area contributed by atoms with Crippen LogP contribution < -0.4 is 0 Å². The first kappa shape index (κ1) is 22.2. The average Bonchev–Trinajstić information content (AvgIpc) is 3.74. The Morgan fingerprint density at radius 2 is 1.91 bits per heavy atom. The molecule has 3 aliphatic rings. The first-order valence-corrected chi connectivity index (χ1v) is 12.6. The van der Waals surface area contributed by atoms with Crippen molar-refractivity contribution < 1.29 is 19.1 Å². The van der Waals surface area contributed by atoms with Gasteiger partial charge < -0.3 is 10.0 Å². The van der Waals surface area contributed by atoms with Gasteiger partial charge in [0.1, 0.15) is 11.5 Å². The summed E-state index contributed by atoms with van der Waals surface area (Å²) in [6.45, 7) is 2.85. The topological polar surface area (TPSA) is 87.8 Å². The van der Waals surface area contributed by atoms with E-state index in [4.69, 9.17) is 0 Å². The Morgan fingerprint density at radius 1 is 1.09 bits per heavy atom. The third kappa shape index (κ3) is 4.09. The molecule has 7 nitrogen and oxygen atoms in total. The molecule has 3 aromatic rings. The predicted molar refractivity (Wildman–Crippen MR) is 128 cm³/mol. The number of rotatable bonds is 5. The van der Waals surface area contributed by atoms with Crippen molar-refractivity contribution in [3.8, 4) is 11.3 Å². The molecule has 3 atom stereocenters. The van der Waals surface area contributed by atoms with Gasteiger partial charge in [0.25, 0.3) is 5.91 Å². The number of carbonyl (C=O) groups excluding carboxylic acids is 1. The summed E-state index contributed by atoms with van der Waals surface area (Å²) in [5.74, 6) is -1.53. The van der Waals surface area contributed by atoms with E-state index in [0.717, 1.165) is 50.8 Å². The molecule has 6 rings (SSSR count). The van der Waals surface area contributed by atoms with E-state index in [1.54, 1.807) is 22.7 Å². The van der Waals surface area contributed by atoms with Crippen LogP contribution in [0, 0.1) is 11.7 Å². The lowest BCUT2D eigenvalue weighted by molar-refractivity contribution is -0.138. The van der Waals surface area contributed by atoms with Gasteiger partial charge in [0.15, 0.2) is 5.65 Å². The molecule has 3 fully saturated rings. The molecular formula is C27H29FN4O3. The fraction of sp³-hybridized carbons (Fsp3) is 0.481. The molecule has 1 aliphatic heterocycles. The highest BCUT2D eigenvalue weighted by atomic mass is 19.1. The normalized spacial score (nSPS) is 24.4. The van der Waals surface area contributed by atoms with Crippen molar-refractivity contribution in [1.82, 2.24) is 19.5 Å². The Kier molecular flexibility index (Phi) is 5.34. The molecular weight excluding hydrogens is 447 g/mol. The van der Waals surface area contributed by atoms with E-state index in [0.29, 0.717) is 40.5 Å². The molecule has 8 heteroatoms. The minimum atomic E-state index is -0.835. The van der Waals surface area contributed by atoms with Gasteiger partial charge in [-0.3, -0.25) is 9.59 Å². The van der Waals surface area contributed by atoms with Crippen molar-refractivity contribution in [3.05, 3.63) is 53.1 Å². The molecule has 1 N–H and O–H groups in total. The van der Waals surface area contributed by atoms with Crippen molar-refractivity contribution in [1.29, 1.82) is 0 Å². The zero-order valence-corrected chi connectivity index (χ0v) is 19.8. The number of carboxylic acids is 1. The predicted octanol–water partition coefficient (Wildman–Crippen LogP) is 5.01. The number of carbonyl (C=O) groups is 2. The van der Waals surface area contributed by atoms with E-state index in [9.17, 15) is 14.7 Å². The van der Waals surface area contributed by atoms with Gasteiger partial charge in [-0.25, -0.2) is 13.9 Å². The molecule has 0 radical (unpaired) electrons. The molecule has 182 valence electrons. The highest BCUT2D eigenvalue weighted by Gasteiger charge is 2.44. The third-order valence-corrected chi connectivity index (χ3v) is 7.79. The zero-order valence-electron chi connectivity index (χ0n) is 19.8. The Morgan fingerprint density at radius 3 is 2.63 bits per heavy atom. The maximum absolute atomic E-state index is 15.1. The molecule has 2 aromatic heterocycles. The number of halogens is 1. The van der Waals surface area contributed by atoms with Gasteiger partial charge in [0.2, 0.25) is 0 Å². The van der Waals surface area contributed by atoms with Gasteiger partial charge >= 0.3 is 5.97 Å². The summed E-state index contributed by atoms with van der Waals surface area (Å²) < 4.78 is 16.9. The van der Waals surface area contributed by atoms with Crippen LogP contribution in [0.3, 0.4) is 0 Å². The summed E-state index contributed by atoms with van der Waals surface area (Å²) in [6, 6.07) is 8.70. The minimum Gasteiger partial charge on any atom is -0.481 e. The van der Waals surface area contributed by atoms with E-state index >= 15 is 4.39 Å². The number of aliphatic carboxylic acids is 1. The lowest BCUT2D eigenvalue weighted by Gasteiger charge is -2.27. The Labute approximate surface area is 203 Å². The Balaban J connectivity index is 1.35. The first-order valence-electron chi connectivity index (χ1n) is 12.6. The number of hydrogen-bond acceptors (Lipinski definition) is 4. The van der Waals surface area contributed by atoms with Gasteiger partial charge in [-0.15, -0.1) is 0 Å². The van der Waals surface area contributed by atoms with Gasteiger partial charge in [0, 0.05) is 35.8 Å². The van der Waals surface area contributed by atoms with E-state index in [2.05, 4.69) is 17.0 Å². The van der Waals surface area contributed by atoms with Crippen LogP contribution in [-0.2, 0) is 4.79 Å². The van der Waals surface area contributed by atoms with Crippen molar-refractivity contribution in [3.63, 3.8) is 0 Å². The van der Waals surface area contributed by atoms with Gasteiger partial charge in [0.05, 0.1) is 11.6 Å². The van der Waals surface area contributed by atoms with Crippen molar-refractivity contribution in [2.24, 2.45) is 5.92 Å². The summed E-state index contributed by atoms with van der Waals surface area (Å²) in [7, 11) is 0. The molecule has 3 heterocycles.